The molecule has 1 atom stereocenters. The molecule has 6 heteroatoms. The number of methoxy groups -OCH3 is 1. The Bertz CT molecular complexity index is 634. The highest BCUT2D eigenvalue weighted by atomic mass is 16.5. The van der Waals surface area contributed by atoms with Crippen LogP contribution in [-0.4, -0.2) is 73.4 Å². The maximum atomic E-state index is 12.5. The average Bonchev–Trinajstić information content (AvgIpc) is 2.61. The van der Waals surface area contributed by atoms with Gasteiger partial charge in [0.1, 0.15) is 5.75 Å². The largest absolute Gasteiger partial charge is 0.497 e. The van der Waals surface area contributed by atoms with E-state index >= 15 is 0 Å². The molecule has 0 spiro atoms. The number of piperidine rings is 1. The van der Waals surface area contributed by atoms with Crippen molar-refractivity contribution in [1.82, 2.24) is 14.7 Å². The number of hydrogen-bond acceptors (Lipinski definition) is 4. The first kappa shape index (κ1) is 17.7. The van der Waals surface area contributed by atoms with Crippen molar-refractivity contribution < 1.29 is 14.3 Å². The van der Waals surface area contributed by atoms with Crippen molar-refractivity contribution >= 4 is 11.8 Å². The Kier molecular flexibility index (Phi) is 5.58. The van der Waals surface area contributed by atoms with Gasteiger partial charge in [0.05, 0.1) is 13.7 Å². The van der Waals surface area contributed by atoms with Crippen LogP contribution in [0.3, 0.4) is 0 Å². The second-order valence-corrected chi connectivity index (χ2v) is 7.08. The standard InChI is InChI=1S/C19H27N3O3/c1-20-11-16(6-7-18(20)23)12-21-8-9-22(19(24)14-21)13-15-4-3-5-17(10-15)25-2/h3-5,10,16H,6-9,11-14H2,1-2H3. The normalized spacial score (nSPS) is 22.4. The van der Waals surface area contributed by atoms with E-state index in [1.807, 2.05) is 41.1 Å². The van der Waals surface area contributed by atoms with E-state index in [1.165, 1.54) is 0 Å². The molecular formula is C19H27N3O3. The van der Waals surface area contributed by atoms with Crippen LogP contribution >= 0.6 is 0 Å². The summed E-state index contributed by atoms with van der Waals surface area (Å²) in [5.41, 5.74) is 1.09. The highest BCUT2D eigenvalue weighted by molar-refractivity contribution is 5.79. The van der Waals surface area contributed by atoms with Crippen molar-refractivity contribution in [3.63, 3.8) is 0 Å². The molecule has 2 heterocycles. The van der Waals surface area contributed by atoms with Crippen LogP contribution in [0.15, 0.2) is 24.3 Å². The lowest BCUT2D eigenvalue weighted by Crippen LogP contribution is -2.52. The minimum Gasteiger partial charge on any atom is -0.497 e. The molecule has 1 aromatic carbocycles. The maximum absolute atomic E-state index is 12.5. The minimum atomic E-state index is 0.175. The maximum Gasteiger partial charge on any atom is 0.237 e. The molecule has 2 amide bonds. The lowest BCUT2D eigenvalue weighted by molar-refractivity contribution is -0.138. The van der Waals surface area contributed by atoms with Gasteiger partial charge >= 0.3 is 0 Å². The summed E-state index contributed by atoms with van der Waals surface area (Å²) in [6.45, 7) is 4.44. The number of piperazine rings is 1. The number of carbonyl (C=O) groups excluding carboxylic acids is 2. The SMILES string of the molecule is COc1cccc(CN2CCN(CC3CCC(=O)N(C)C3)CC2=O)c1. The van der Waals surface area contributed by atoms with Crippen LogP contribution < -0.4 is 4.74 Å². The Morgan fingerprint density at radius 2 is 2.04 bits per heavy atom. The Balaban J connectivity index is 1.50. The first-order chi connectivity index (χ1) is 12.0. The first-order valence-electron chi connectivity index (χ1n) is 8.92. The van der Waals surface area contributed by atoms with Gasteiger partial charge in [0.25, 0.3) is 0 Å². The molecule has 0 aromatic heterocycles. The molecule has 1 aromatic rings. The molecule has 3 rings (SSSR count). The molecule has 0 aliphatic carbocycles. The molecule has 0 saturated carbocycles. The molecule has 25 heavy (non-hydrogen) atoms. The summed E-state index contributed by atoms with van der Waals surface area (Å²) in [5.74, 6) is 1.70. The molecule has 0 bridgehead atoms. The molecule has 6 nitrogen and oxygen atoms in total. The molecule has 136 valence electrons. The van der Waals surface area contributed by atoms with Crippen LogP contribution in [0, 0.1) is 5.92 Å². The third kappa shape index (κ3) is 4.51. The summed E-state index contributed by atoms with van der Waals surface area (Å²) in [6.07, 6.45) is 1.56. The fourth-order valence-corrected chi connectivity index (χ4v) is 3.68. The second-order valence-electron chi connectivity index (χ2n) is 7.08. The predicted molar refractivity (Wildman–Crippen MR) is 95.2 cm³/mol. The number of carbonyl (C=O) groups is 2. The van der Waals surface area contributed by atoms with E-state index < -0.39 is 0 Å². The van der Waals surface area contributed by atoms with Crippen LogP contribution in [0.5, 0.6) is 5.75 Å². The number of benzene rings is 1. The number of ether oxygens (including phenoxy) is 1. The van der Waals surface area contributed by atoms with E-state index in [0.717, 1.165) is 43.9 Å². The zero-order valence-electron chi connectivity index (χ0n) is 15.1. The Hall–Kier alpha value is -2.08. The van der Waals surface area contributed by atoms with Crippen molar-refractivity contribution in [3.8, 4) is 5.75 Å². The van der Waals surface area contributed by atoms with Crippen LogP contribution in [0.1, 0.15) is 18.4 Å². The van der Waals surface area contributed by atoms with E-state index in [2.05, 4.69) is 4.90 Å². The lowest BCUT2D eigenvalue weighted by atomic mass is 9.97. The summed E-state index contributed by atoms with van der Waals surface area (Å²) < 4.78 is 5.25. The van der Waals surface area contributed by atoms with Crippen LogP contribution in [0.2, 0.25) is 0 Å². The Morgan fingerprint density at radius 1 is 1.20 bits per heavy atom. The van der Waals surface area contributed by atoms with Gasteiger partial charge in [0.2, 0.25) is 11.8 Å². The van der Waals surface area contributed by atoms with Crippen molar-refractivity contribution in [2.45, 2.75) is 19.4 Å². The molecule has 2 aliphatic rings. The molecule has 0 radical (unpaired) electrons. The zero-order valence-corrected chi connectivity index (χ0v) is 15.1. The average molecular weight is 345 g/mol. The lowest BCUT2D eigenvalue weighted by Gasteiger charge is -2.38. The second kappa shape index (κ2) is 7.87. The third-order valence-corrected chi connectivity index (χ3v) is 5.15. The summed E-state index contributed by atoms with van der Waals surface area (Å²) >= 11 is 0. The van der Waals surface area contributed by atoms with Crippen molar-refractivity contribution in [3.05, 3.63) is 29.8 Å². The molecule has 0 N–H and O–H groups in total. The highest BCUT2D eigenvalue weighted by Crippen LogP contribution is 2.20. The van der Waals surface area contributed by atoms with Gasteiger partial charge in [0, 0.05) is 46.2 Å². The van der Waals surface area contributed by atoms with Crippen LogP contribution in [-0.2, 0) is 16.1 Å². The molecule has 2 aliphatic heterocycles. The summed E-state index contributed by atoms with van der Waals surface area (Å²) in [6, 6.07) is 7.87. The van der Waals surface area contributed by atoms with Gasteiger partial charge in [0.15, 0.2) is 0 Å². The van der Waals surface area contributed by atoms with E-state index in [-0.39, 0.29) is 11.8 Å². The van der Waals surface area contributed by atoms with Gasteiger partial charge in [-0.2, -0.15) is 0 Å². The van der Waals surface area contributed by atoms with E-state index in [0.29, 0.717) is 25.4 Å². The van der Waals surface area contributed by atoms with Gasteiger partial charge in [-0.3, -0.25) is 14.5 Å². The molecular weight excluding hydrogens is 318 g/mol. The van der Waals surface area contributed by atoms with E-state index in [9.17, 15) is 9.59 Å². The zero-order chi connectivity index (χ0) is 17.8. The van der Waals surface area contributed by atoms with Gasteiger partial charge in [-0.25, -0.2) is 0 Å². The minimum absolute atomic E-state index is 0.175. The highest BCUT2D eigenvalue weighted by Gasteiger charge is 2.29. The summed E-state index contributed by atoms with van der Waals surface area (Å²) in [5, 5.41) is 0. The number of nitrogens with zero attached hydrogens (tertiary/aromatic N) is 3. The quantitative estimate of drug-likeness (QED) is 0.805. The predicted octanol–water partition coefficient (Wildman–Crippen LogP) is 1.21. The first-order valence-corrected chi connectivity index (χ1v) is 8.92. The fourth-order valence-electron chi connectivity index (χ4n) is 3.68. The van der Waals surface area contributed by atoms with E-state index in [1.54, 1.807) is 7.11 Å². The number of likely N-dealkylation sites (tertiary alicyclic amines) is 1. The van der Waals surface area contributed by atoms with E-state index in [4.69, 9.17) is 4.74 Å². The monoisotopic (exact) mass is 345 g/mol. The van der Waals surface area contributed by atoms with Crippen molar-refractivity contribution in [2.75, 3.05) is 46.9 Å². The molecule has 2 saturated heterocycles. The Labute approximate surface area is 149 Å². The van der Waals surface area contributed by atoms with Crippen molar-refractivity contribution in [2.24, 2.45) is 5.92 Å². The van der Waals surface area contributed by atoms with Crippen LogP contribution in [0.4, 0.5) is 0 Å². The van der Waals surface area contributed by atoms with Gasteiger partial charge in [-0.05, 0) is 30.0 Å². The topological polar surface area (TPSA) is 53.1 Å². The summed E-state index contributed by atoms with van der Waals surface area (Å²) in [7, 11) is 3.52. The number of rotatable bonds is 5. The number of hydrogen-bond donors (Lipinski definition) is 0. The van der Waals surface area contributed by atoms with Gasteiger partial charge in [-0.1, -0.05) is 12.1 Å². The van der Waals surface area contributed by atoms with Gasteiger partial charge in [-0.15, -0.1) is 0 Å². The van der Waals surface area contributed by atoms with Crippen LogP contribution in [0.25, 0.3) is 0 Å². The Morgan fingerprint density at radius 3 is 2.76 bits per heavy atom. The summed E-state index contributed by atoms with van der Waals surface area (Å²) in [4.78, 5) is 30.1. The number of amides is 2. The molecule has 2 fully saturated rings. The van der Waals surface area contributed by atoms with Gasteiger partial charge < -0.3 is 14.5 Å². The molecule has 1 unspecified atom stereocenters. The van der Waals surface area contributed by atoms with Crippen molar-refractivity contribution in [1.29, 1.82) is 0 Å². The fraction of sp³-hybridized carbons (Fsp3) is 0.579. The smallest absolute Gasteiger partial charge is 0.237 e. The third-order valence-electron chi connectivity index (χ3n) is 5.15.